The molecule has 0 aliphatic rings. The molecule has 1 amide bonds. The Bertz CT molecular complexity index is 760. The number of benzene rings is 2. The summed E-state index contributed by atoms with van der Waals surface area (Å²) in [5.41, 5.74) is 3.62. The third-order valence-corrected chi connectivity index (χ3v) is 3.54. The summed E-state index contributed by atoms with van der Waals surface area (Å²) in [5.74, 6) is 0.781. The van der Waals surface area contributed by atoms with E-state index in [0.717, 1.165) is 10.0 Å². The van der Waals surface area contributed by atoms with Gasteiger partial charge in [0.1, 0.15) is 18.1 Å². The summed E-state index contributed by atoms with van der Waals surface area (Å²) in [5, 5.41) is 4.00. The van der Waals surface area contributed by atoms with Gasteiger partial charge in [-0.1, -0.05) is 40.7 Å². The van der Waals surface area contributed by atoms with E-state index in [1.807, 2.05) is 18.2 Å². The Kier molecular flexibility index (Phi) is 6.57. The summed E-state index contributed by atoms with van der Waals surface area (Å²) in [6, 6.07) is 12.5. The van der Waals surface area contributed by atoms with Crippen LogP contribution in [0.4, 0.5) is 0 Å². The highest BCUT2D eigenvalue weighted by molar-refractivity contribution is 9.10. The van der Waals surface area contributed by atoms with Crippen molar-refractivity contribution in [3.63, 3.8) is 0 Å². The van der Waals surface area contributed by atoms with Crippen molar-refractivity contribution in [2.75, 3.05) is 13.7 Å². The SMILES string of the molecule is C=CCOc1ccc(Br)cc1C=NNC(=O)c1ccccc1OC. The molecule has 1 N–H and O–H groups in total. The van der Waals surface area contributed by atoms with Crippen molar-refractivity contribution in [2.45, 2.75) is 0 Å². The second-order valence-corrected chi connectivity index (χ2v) is 5.60. The third kappa shape index (κ3) is 4.70. The minimum atomic E-state index is -0.354. The van der Waals surface area contributed by atoms with Gasteiger partial charge >= 0.3 is 0 Å². The van der Waals surface area contributed by atoms with Crippen LogP contribution < -0.4 is 14.9 Å². The molecule has 5 nitrogen and oxygen atoms in total. The molecule has 0 aliphatic carbocycles. The minimum absolute atomic E-state index is 0.354. The van der Waals surface area contributed by atoms with Gasteiger partial charge in [0.05, 0.1) is 18.9 Å². The fraction of sp³-hybridized carbons (Fsp3) is 0.111. The Labute approximate surface area is 149 Å². The minimum Gasteiger partial charge on any atom is -0.496 e. The van der Waals surface area contributed by atoms with Crippen LogP contribution >= 0.6 is 15.9 Å². The number of carbonyl (C=O) groups excluding carboxylic acids is 1. The van der Waals surface area contributed by atoms with Gasteiger partial charge in [-0.15, -0.1) is 0 Å². The number of ether oxygens (including phenoxy) is 2. The summed E-state index contributed by atoms with van der Waals surface area (Å²) in [6.07, 6.45) is 3.18. The summed E-state index contributed by atoms with van der Waals surface area (Å²) in [6.45, 7) is 4.01. The van der Waals surface area contributed by atoms with Gasteiger partial charge in [-0.25, -0.2) is 5.43 Å². The number of halogens is 1. The maximum absolute atomic E-state index is 12.2. The Morgan fingerprint density at radius 3 is 2.83 bits per heavy atom. The largest absolute Gasteiger partial charge is 0.496 e. The molecule has 0 saturated carbocycles. The number of hydrogen-bond acceptors (Lipinski definition) is 4. The molecule has 0 aliphatic heterocycles. The van der Waals surface area contributed by atoms with E-state index in [9.17, 15) is 4.79 Å². The van der Waals surface area contributed by atoms with Crippen molar-refractivity contribution in [3.8, 4) is 11.5 Å². The van der Waals surface area contributed by atoms with Gasteiger partial charge in [0.15, 0.2) is 0 Å². The van der Waals surface area contributed by atoms with Crippen molar-refractivity contribution in [3.05, 3.63) is 70.7 Å². The molecule has 124 valence electrons. The predicted molar refractivity (Wildman–Crippen MR) is 97.9 cm³/mol. The number of para-hydroxylation sites is 1. The second-order valence-electron chi connectivity index (χ2n) is 4.68. The zero-order chi connectivity index (χ0) is 17.4. The highest BCUT2D eigenvalue weighted by Gasteiger charge is 2.10. The highest BCUT2D eigenvalue weighted by Crippen LogP contribution is 2.22. The average Bonchev–Trinajstić information content (AvgIpc) is 2.61. The number of nitrogens with zero attached hydrogens (tertiary/aromatic N) is 1. The molecule has 2 aromatic carbocycles. The molecule has 0 unspecified atom stereocenters. The molecule has 0 heterocycles. The number of amides is 1. The molecule has 24 heavy (non-hydrogen) atoms. The molecule has 0 atom stereocenters. The molecule has 2 aromatic rings. The number of rotatable bonds is 7. The van der Waals surface area contributed by atoms with Gasteiger partial charge in [-0.05, 0) is 30.3 Å². The fourth-order valence-corrected chi connectivity index (χ4v) is 2.33. The van der Waals surface area contributed by atoms with Crippen molar-refractivity contribution < 1.29 is 14.3 Å². The molecule has 6 heteroatoms. The van der Waals surface area contributed by atoms with Gasteiger partial charge in [-0.2, -0.15) is 5.10 Å². The summed E-state index contributed by atoms with van der Waals surface area (Å²) in [4.78, 5) is 12.2. The first-order chi connectivity index (χ1) is 11.7. The lowest BCUT2D eigenvalue weighted by Gasteiger charge is -2.08. The van der Waals surface area contributed by atoms with Crippen LogP contribution in [0.2, 0.25) is 0 Å². The lowest BCUT2D eigenvalue weighted by atomic mass is 10.2. The van der Waals surface area contributed by atoms with E-state index < -0.39 is 0 Å². The zero-order valence-corrected chi connectivity index (χ0v) is 14.7. The Hall–Kier alpha value is -2.60. The quantitative estimate of drug-likeness (QED) is 0.445. The third-order valence-electron chi connectivity index (χ3n) is 3.05. The lowest BCUT2D eigenvalue weighted by molar-refractivity contribution is 0.0952. The van der Waals surface area contributed by atoms with Crippen LogP contribution in [0.1, 0.15) is 15.9 Å². The Morgan fingerprint density at radius 2 is 2.08 bits per heavy atom. The Balaban J connectivity index is 2.12. The monoisotopic (exact) mass is 388 g/mol. The molecule has 0 aromatic heterocycles. The number of nitrogens with one attached hydrogen (secondary N) is 1. The number of methoxy groups -OCH3 is 1. The Morgan fingerprint density at radius 1 is 1.29 bits per heavy atom. The molecule has 2 rings (SSSR count). The van der Waals surface area contributed by atoms with E-state index >= 15 is 0 Å². The lowest BCUT2D eigenvalue weighted by Crippen LogP contribution is -2.18. The van der Waals surface area contributed by atoms with E-state index in [1.165, 1.54) is 13.3 Å². The second kappa shape index (κ2) is 8.88. The molecule has 0 bridgehead atoms. The van der Waals surface area contributed by atoms with Crippen LogP contribution in [0.3, 0.4) is 0 Å². The van der Waals surface area contributed by atoms with Gasteiger partial charge in [0, 0.05) is 10.0 Å². The van der Waals surface area contributed by atoms with Crippen LogP contribution in [-0.2, 0) is 0 Å². The zero-order valence-electron chi connectivity index (χ0n) is 13.2. The van der Waals surface area contributed by atoms with E-state index in [-0.39, 0.29) is 5.91 Å². The smallest absolute Gasteiger partial charge is 0.275 e. The maximum Gasteiger partial charge on any atom is 0.275 e. The fourth-order valence-electron chi connectivity index (χ4n) is 1.95. The van der Waals surface area contributed by atoms with Gasteiger partial charge < -0.3 is 9.47 Å². The topological polar surface area (TPSA) is 59.9 Å². The molecule has 0 saturated heterocycles. The van der Waals surface area contributed by atoms with Crippen LogP contribution in [-0.4, -0.2) is 25.8 Å². The van der Waals surface area contributed by atoms with Gasteiger partial charge in [0.2, 0.25) is 0 Å². The first-order valence-corrected chi connectivity index (χ1v) is 7.94. The number of hydrazone groups is 1. The van der Waals surface area contributed by atoms with Gasteiger partial charge in [-0.3, -0.25) is 4.79 Å². The summed E-state index contributed by atoms with van der Waals surface area (Å²) in [7, 11) is 1.51. The van der Waals surface area contributed by atoms with E-state index in [0.29, 0.717) is 23.7 Å². The van der Waals surface area contributed by atoms with Gasteiger partial charge in [0.25, 0.3) is 5.91 Å². The average molecular weight is 389 g/mol. The van der Waals surface area contributed by atoms with E-state index in [1.54, 1.807) is 30.3 Å². The van der Waals surface area contributed by atoms with Crippen LogP contribution in [0.25, 0.3) is 0 Å². The van der Waals surface area contributed by atoms with Crippen LogP contribution in [0, 0.1) is 0 Å². The van der Waals surface area contributed by atoms with E-state index in [4.69, 9.17) is 9.47 Å². The van der Waals surface area contributed by atoms with Crippen LogP contribution in [0.5, 0.6) is 11.5 Å². The molecular formula is C18H17BrN2O3. The molecule has 0 fully saturated rings. The first-order valence-electron chi connectivity index (χ1n) is 7.15. The van der Waals surface area contributed by atoms with Crippen molar-refractivity contribution in [1.82, 2.24) is 5.43 Å². The maximum atomic E-state index is 12.2. The van der Waals surface area contributed by atoms with E-state index in [2.05, 4.69) is 33.0 Å². The normalized spacial score (nSPS) is 10.4. The molecule has 0 spiro atoms. The first kappa shape index (κ1) is 17.7. The number of carbonyl (C=O) groups is 1. The van der Waals surface area contributed by atoms with Crippen molar-refractivity contribution in [1.29, 1.82) is 0 Å². The summed E-state index contributed by atoms with van der Waals surface area (Å²) >= 11 is 3.40. The number of hydrogen-bond donors (Lipinski definition) is 1. The molecule has 0 radical (unpaired) electrons. The standard InChI is InChI=1S/C18H17BrN2O3/c1-3-10-24-16-9-8-14(19)11-13(16)12-20-21-18(22)15-6-4-5-7-17(15)23-2/h3-9,11-12H,1,10H2,2H3,(H,21,22). The highest BCUT2D eigenvalue weighted by atomic mass is 79.9. The van der Waals surface area contributed by atoms with Crippen molar-refractivity contribution >= 4 is 28.1 Å². The predicted octanol–water partition coefficient (Wildman–Crippen LogP) is 3.79. The molecular weight excluding hydrogens is 372 g/mol. The van der Waals surface area contributed by atoms with Crippen LogP contribution in [0.15, 0.2) is 64.7 Å². The summed E-state index contributed by atoms with van der Waals surface area (Å²) < 4.78 is 11.6. The van der Waals surface area contributed by atoms with Crippen molar-refractivity contribution in [2.24, 2.45) is 5.10 Å².